The number of anilines is 1. The molecule has 3 aromatic carbocycles. The first-order valence-electron chi connectivity index (χ1n) is 10.7. The van der Waals surface area contributed by atoms with Crippen LogP contribution in [0.25, 0.3) is 0 Å². The minimum absolute atomic E-state index is 0.0218. The molecule has 180 valence electrons. The fourth-order valence-corrected chi connectivity index (χ4v) is 3.58. The van der Waals surface area contributed by atoms with Crippen LogP contribution in [0.3, 0.4) is 0 Å². The van der Waals surface area contributed by atoms with E-state index in [1.807, 2.05) is 42.5 Å². The van der Waals surface area contributed by atoms with Crippen LogP contribution < -0.4 is 10.1 Å². The molecule has 0 bridgehead atoms. The van der Waals surface area contributed by atoms with Gasteiger partial charge in [0.15, 0.2) is 29.0 Å². The van der Waals surface area contributed by atoms with Crippen molar-refractivity contribution in [2.24, 2.45) is 0 Å². The number of benzene rings is 3. The third-order valence-electron chi connectivity index (χ3n) is 5.69. The van der Waals surface area contributed by atoms with Crippen molar-refractivity contribution in [1.82, 2.24) is 0 Å². The van der Waals surface area contributed by atoms with Gasteiger partial charge >= 0.3 is 0 Å². The molecule has 1 amide bonds. The summed E-state index contributed by atoms with van der Waals surface area (Å²) in [5.74, 6) is -7.26. The molecule has 0 fully saturated rings. The van der Waals surface area contributed by atoms with Crippen LogP contribution in [0, 0.1) is 23.3 Å². The minimum atomic E-state index is -1.72. The SMILES string of the molecule is CC(C)(c1ccccc1)c1ccc(OCc2ccc(C(=O)Nc3c(F)c(F)cc(F)c3F)o2)cc1. The Hall–Kier alpha value is -4.07. The lowest BCUT2D eigenvalue weighted by Crippen LogP contribution is -2.18. The highest BCUT2D eigenvalue weighted by molar-refractivity contribution is 6.02. The molecular weight excluding hydrogens is 462 g/mol. The monoisotopic (exact) mass is 483 g/mol. The number of carbonyl (C=O) groups excluding carboxylic acids is 1. The van der Waals surface area contributed by atoms with Crippen LogP contribution in [0.1, 0.15) is 41.3 Å². The van der Waals surface area contributed by atoms with E-state index in [1.54, 1.807) is 5.32 Å². The highest BCUT2D eigenvalue weighted by Crippen LogP contribution is 2.32. The second kappa shape index (κ2) is 9.66. The zero-order valence-electron chi connectivity index (χ0n) is 18.9. The van der Waals surface area contributed by atoms with Crippen LogP contribution in [0.15, 0.2) is 77.2 Å². The average Bonchev–Trinajstić information content (AvgIpc) is 3.34. The zero-order valence-corrected chi connectivity index (χ0v) is 18.9. The fourth-order valence-electron chi connectivity index (χ4n) is 3.58. The summed E-state index contributed by atoms with van der Waals surface area (Å²) in [6.07, 6.45) is 0. The Morgan fingerprint density at radius 3 is 2.09 bits per heavy atom. The van der Waals surface area contributed by atoms with Crippen molar-refractivity contribution >= 4 is 11.6 Å². The molecule has 0 aliphatic heterocycles. The number of nitrogens with one attached hydrogen (secondary N) is 1. The Morgan fingerprint density at radius 1 is 0.857 bits per heavy atom. The van der Waals surface area contributed by atoms with E-state index in [9.17, 15) is 22.4 Å². The number of hydrogen-bond acceptors (Lipinski definition) is 3. The number of rotatable bonds is 7. The van der Waals surface area contributed by atoms with Crippen LogP contribution in [0.4, 0.5) is 23.2 Å². The predicted molar refractivity (Wildman–Crippen MR) is 122 cm³/mol. The van der Waals surface area contributed by atoms with E-state index in [0.29, 0.717) is 5.75 Å². The van der Waals surface area contributed by atoms with Crippen LogP contribution in [-0.4, -0.2) is 5.91 Å². The smallest absolute Gasteiger partial charge is 0.291 e. The Balaban J connectivity index is 1.40. The summed E-state index contributed by atoms with van der Waals surface area (Å²) >= 11 is 0. The minimum Gasteiger partial charge on any atom is -0.486 e. The molecule has 0 spiro atoms. The van der Waals surface area contributed by atoms with E-state index < -0.39 is 34.9 Å². The number of amides is 1. The second-order valence-corrected chi connectivity index (χ2v) is 8.37. The lowest BCUT2D eigenvalue weighted by Gasteiger charge is -2.26. The number of hydrogen-bond donors (Lipinski definition) is 1. The Morgan fingerprint density at radius 2 is 1.46 bits per heavy atom. The molecule has 1 aromatic heterocycles. The van der Waals surface area contributed by atoms with Crippen LogP contribution in [0.5, 0.6) is 5.75 Å². The van der Waals surface area contributed by atoms with Crippen molar-refractivity contribution in [3.05, 3.63) is 119 Å². The van der Waals surface area contributed by atoms with Gasteiger partial charge in [0.05, 0.1) is 0 Å². The van der Waals surface area contributed by atoms with Gasteiger partial charge in [0.25, 0.3) is 5.91 Å². The molecule has 35 heavy (non-hydrogen) atoms. The lowest BCUT2D eigenvalue weighted by atomic mass is 9.78. The third-order valence-corrected chi connectivity index (χ3v) is 5.69. The van der Waals surface area contributed by atoms with Gasteiger partial charge in [0.1, 0.15) is 23.8 Å². The first-order valence-corrected chi connectivity index (χ1v) is 10.7. The molecule has 0 unspecified atom stereocenters. The third kappa shape index (κ3) is 5.06. The molecule has 4 aromatic rings. The van der Waals surface area contributed by atoms with Gasteiger partial charge in [-0.2, -0.15) is 0 Å². The van der Waals surface area contributed by atoms with Crippen molar-refractivity contribution in [2.45, 2.75) is 25.9 Å². The molecule has 0 saturated carbocycles. The number of halogens is 4. The first kappa shape index (κ1) is 24.1. The maximum Gasteiger partial charge on any atom is 0.291 e. The zero-order chi connectivity index (χ0) is 25.2. The normalized spacial score (nSPS) is 11.4. The largest absolute Gasteiger partial charge is 0.486 e. The molecule has 0 atom stereocenters. The Kier molecular flexibility index (Phi) is 6.64. The van der Waals surface area contributed by atoms with Crippen molar-refractivity contribution in [3.8, 4) is 5.75 Å². The summed E-state index contributed by atoms with van der Waals surface area (Å²) < 4.78 is 65.3. The Bertz CT molecular complexity index is 1320. The summed E-state index contributed by atoms with van der Waals surface area (Å²) in [6, 6.07) is 20.4. The lowest BCUT2D eigenvalue weighted by molar-refractivity contribution is 0.0991. The maximum atomic E-state index is 13.8. The van der Waals surface area contributed by atoms with E-state index >= 15 is 0 Å². The molecule has 0 aliphatic rings. The molecule has 0 saturated heterocycles. The van der Waals surface area contributed by atoms with Gasteiger partial charge in [0.2, 0.25) is 0 Å². The second-order valence-electron chi connectivity index (χ2n) is 8.37. The highest BCUT2D eigenvalue weighted by Gasteiger charge is 2.24. The molecule has 4 nitrogen and oxygen atoms in total. The van der Waals surface area contributed by atoms with E-state index in [0.717, 1.165) is 5.56 Å². The quantitative estimate of drug-likeness (QED) is 0.228. The molecule has 1 heterocycles. The van der Waals surface area contributed by atoms with Gasteiger partial charge in [-0.1, -0.05) is 56.3 Å². The summed E-state index contributed by atoms with van der Waals surface area (Å²) in [7, 11) is 0. The van der Waals surface area contributed by atoms with E-state index in [1.165, 1.54) is 17.7 Å². The fraction of sp³-hybridized carbons (Fsp3) is 0.148. The predicted octanol–water partition coefficient (Wildman–Crippen LogP) is 6.99. The maximum absolute atomic E-state index is 13.8. The van der Waals surface area contributed by atoms with Gasteiger partial charge in [-0.05, 0) is 35.4 Å². The van der Waals surface area contributed by atoms with Crippen LogP contribution in [0.2, 0.25) is 0 Å². The summed E-state index contributed by atoms with van der Waals surface area (Å²) in [6.45, 7) is 4.24. The summed E-state index contributed by atoms with van der Waals surface area (Å²) in [4.78, 5) is 12.3. The van der Waals surface area contributed by atoms with Gasteiger partial charge < -0.3 is 14.5 Å². The molecular formula is C27H21F4NO3. The number of furan rings is 1. The van der Waals surface area contributed by atoms with Gasteiger partial charge in [-0.25, -0.2) is 17.6 Å². The van der Waals surface area contributed by atoms with Gasteiger partial charge in [-0.3, -0.25) is 4.79 Å². The topological polar surface area (TPSA) is 51.5 Å². The van der Waals surface area contributed by atoms with Crippen molar-refractivity contribution < 1.29 is 31.5 Å². The number of carbonyl (C=O) groups is 1. The standard InChI is InChI=1S/C27H21F4NO3/c1-27(2,16-6-4-3-5-7-16)17-8-10-18(11-9-17)34-15-19-12-13-22(35-19)26(33)32-25-23(30)20(28)14-21(29)24(25)31/h3-14H,15H2,1-2H3,(H,32,33). The summed E-state index contributed by atoms with van der Waals surface area (Å²) in [5, 5.41) is 1.79. The summed E-state index contributed by atoms with van der Waals surface area (Å²) in [5.41, 5.74) is 0.837. The van der Waals surface area contributed by atoms with E-state index in [2.05, 4.69) is 26.0 Å². The molecule has 4 rings (SSSR count). The van der Waals surface area contributed by atoms with Crippen LogP contribution >= 0.6 is 0 Å². The average molecular weight is 483 g/mol. The van der Waals surface area contributed by atoms with E-state index in [-0.39, 0.29) is 29.6 Å². The van der Waals surface area contributed by atoms with Gasteiger partial charge in [0, 0.05) is 11.5 Å². The molecule has 0 radical (unpaired) electrons. The molecule has 8 heteroatoms. The molecule has 1 N–H and O–H groups in total. The van der Waals surface area contributed by atoms with Crippen molar-refractivity contribution in [3.63, 3.8) is 0 Å². The first-order chi connectivity index (χ1) is 16.7. The van der Waals surface area contributed by atoms with Gasteiger partial charge in [-0.15, -0.1) is 0 Å². The highest BCUT2D eigenvalue weighted by atomic mass is 19.2. The van der Waals surface area contributed by atoms with Crippen molar-refractivity contribution in [1.29, 1.82) is 0 Å². The van der Waals surface area contributed by atoms with E-state index in [4.69, 9.17) is 9.15 Å². The Labute approximate surface area is 199 Å². The van der Waals surface area contributed by atoms with Crippen LogP contribution in [-0.2, 0) is 12.0 Å². The van der Waals surface area contributed by atoms with Crippen molar-refractivity contribution in [2.75, 3.05) is 5.32 Å². The molecule has 0 aliphatic carbocycles. The number of ether oxygens (including phenoxy) is 1.